The Kier molecular flexibility index (Phi) is 6.18. The summed E-state index contributed by atoms with van der Waals surface area (Å²) >= 11 is 1.64. The Bertz CT molecular complexity index is 1170. The average Bonchev–Trinajstić information content (AvgIpc) is 3.25. The van der Waals surface area contributed by atoms with Crippen molar-refractivity contribution < 1.29 is 14.1 Å². The van der Waals surface area contributed by atoms with E-state index >= 15 is 0 Å². The summed E-state index contributed by atoms with van der Waals surface area (Å²) in [4.78, 5) is 24.3. The number of halogens is 1. The molecule has 2 amide bonds. The number of thioether (sulfide) groups is 1. The molecule has 1 unspecified atom stereocenters. The van der Waals surface area contributed by atoms with Crippen LogP contribution in [-0.2, 0) is 0 Å². The lowest BCUT2D eigenvalue weighted by Gasteiger charge is -2.16. The molecule has 1 heterocycles. The fourth-order valence-electron chi connectivity index (χ4n) is 3.46. The Labute approximate surface area is 188 Å². The first kappa shape index (κ1) is 21.5. The summed E-state index contributed by atoms with van der Waals surface area (Å²) in [6, 6.07) is 19.2. The summed E-state index contributed by atoms with van der Waals surface area (Å²) in [7, 11) is 0. The van der Waals surface area contributed by atoms with Crippen LogP contribution in [0.25, 0.3) is 0 Å². The first-order chi connectivity index (χ1) is 15.4. The zero-order valence-corrected chi connectivity index (χ0v) is 17.9. The third kappa shape index (κ3) is 4.62. The topological polar surface area (TPSA) is 87.8 Å². The minimum Gasteiger partial charge on any atom is -0.306 e. The maximum Gasteiger partial charge on any atom is 0.342 e. The van der Waals surface area contributed by atoms with Gasteiger partial charge in [-0.05, 0) is 53.8 Å². The molecular weight excluding hydrogens is 431 g/mol. The number of carbonyl (C=O) groups excluding carboxylic acids is 1. The van der Waals surface area contributed by atoms with Gasteiger partial charge in [-0.25, -0.2) is 14.2 Å². The second-order valence-electron chi connectivity index (χ2n) is 7.13. The van der Waals surface area contributed by atoms with Crippen LogP contribution in [0, 0.1) is 15.9 Å². The van der Waals surface area contributed by atoms with Gasteiger partial charge in [-0.1, -0.05) is 24.3 Å². The number of nitrogens with one attached hydrogen (secondary N) is 1. The lowest BCUT2D eigenvalue weighted by molar-refractivity contribution is -0.384. The monoisotopic (exact) mass is 450 g/mol. The molecule has 0 aliphatic carbocycles. The number of rotatable bonds is 5. The summed E-state index contributed by atoms with van der Waals surface area (Å²) in [5, 5.41) is 19.4. The van der Waals surface area contributed by atoms with Crippen molar-refractivity contribution in [3.8, 4) is 0 Å². The summed E-state index contributed by atoms with van der Waals surface area (Å²) in [6.07, 6.45) is 2.00. The van der Waals surface area contributed by atoms with E-state index in [1.54, 1.807) is 23.9 Å². The van der Waals surface area contributed by atoms with E-state index in [2.05, 4.69) is 10.4 Å². The molecule has 162 valence electrons. The maximum atomic E-state index is 13.4. The van der Waals surface area contributed by atoms with E-state index in [-0.39, 0.29) is 17.4 Å². The Morgan fingerprint density at radius 3 is 2.34 bits per heavy atom. The minimum absolute atomic E-state index is 0.0606. The normalized spacial score (nSPS) is 15.4. The second kappa shape index (κ2) is 9.19. The molecule has 0 aromatic heterocycles. The highest BCUT2D eigenvalue weighted by atomic mass is 32.2. The predicted molar refractivity (Wildman–Crippen MR) is 123 cm³/mol. The Morgan fingerprint density at radius 1 is 1.09 bits per heavy atom. The van der Waals surface area contributed by atoms with Crippen LogP contribution < -0.4 is 5.32 Å². The third-order valence-electron chi connectivity index (χ3n) is 5.14. The molecule has 4 rings (SSSR count). The van der Waals surface area contributed by atoms with Crippen molar-refractivity contribution in [3.05, 3.63) is 99.9 Å². The zero-order chi connectivity index (χ0) is 22.7. The molecule has 1 aliphatic rings. The number of amides is 2. The first-order valence-electron chi connectivity index (χ1n) is 9.76. The highest BCUT2D eigenvalue weighted by Gasteiger charge is 2.32. The van der Waals surface area contributed by atoms with Crippen LogP contribution in [0.3, 0.4) is 0 Å². The third-order valence-corrected chi connectivity index (χ3v) is 5.88. The molecule has 3 aromatic carbocycles. The number of anilines is 1. The van der Waals surface area contributed by atoms with E-state index in [0.717, 1.165) is 16.0 Å². The molecule has 0 radical (unpaired) electrons. The van der Waals surface area contributed by atoms with Crippen molar-refractivity contribution in [1.82, 2.24) is 5.01 Å². The van der Waals surface area contributed by atoms with Crippen LogP contribution in [0.1, 0.15) is 17.0 Å². The molecule has 3 aromatic rings. The number of carbonyl (C=O) groups is 1. The number of benzene rings is 3. The maximum absolute atomic E-state index is 13.4. The number of nitro groups is 1. The fourth-order valence-corrected chi connectivity index (χ4v) is 3.87. The summed E-state index contributed by atoms with van der Waals surface area (Å²) in [5.41, 5.74) is 2.76. The van der Waals surface area contributed by atoms with Crippen molar-refractivity contribution >= 4 is 34.9 Å². The SMILES string of the molecule is CSc1ccc(C2CN(C(=O)Nc3ccc([N+](=O)[O-])cc3)N=C2c2ccc(F)cc2)cc1. The fraction of sp³-hybridized carbons (Fsp3) is 0.130. The number of nitro benzene ring substituents is 1. The largest absolute Gasteiger partial charge is 0.342 e. The molecule has 1 N–H and O–H groups in total. The number of nitrogens with zero attached hydrogens (tertiary/aromatic N) is 3. The molecule has 0 bridgehead atoms. The van der Waals surface area contributed by atoms with Crippen molar-refractivity contribution in [1.29, 1.82) is 0 Å². The summed E-state index contributed by atoms with van der Waals surface area (Å²) < 4.78 is 13.4. The smallest absolute Gasteiger partial charge is 0.306 e. The highest BCUT2D eigenvalue weighted by Crippen LogP contribution is 2.30. The van der Waals surface area contributed by atoms with Crippen molar-refractivity contribution in [2.24, 2.45) is 5.10 Å². The van der Waals surface area contributed by atoms with Crippen LogP contribution in [0.2, 0.25) is 0 Å². The average molecular weight is 450 g/mol. The molecule has 7 nitrogen and oxygen atoms in total. The zero-order valence-electron chi connectivity index (χ0n) is 17.1. The van der Waals surface area contributed by atoms with Crippen LogP contribution in [0.5, 0.6) is 0 Å². The number of hydrogen-bond donors (Lipinski definition) is 1. The van der Waals surface area contributed by atoms with Gasteiger partial charge in [0.15, 0.2) is 0 Å². The van der Waals surface area contributed by atoms with Crippen LogP contribution in [0.4, 0.5) is 20.6 Å². The quantitative estimate of drug-likeness (QED) is 0.316. The van der Waals surface area contributed by atoms with Gasteiger partial charge in [0.2, 0.25) is 0 Å². The lowest BCUT2D eigenvalue weighted by atomic mass is 9.90. The molecule has 0 saturated heterocycles. The van der Waals surface area contributed by atoms with Gasteiger partial charge in [-0.2, -0.15) is 5.10 Å². The van der Waals surface area contributed by atoms with Gasteiger partial charge in [0.1, 0.15) is 5.82 Å². The second-order valence-corrected chi connectivity index (χ2v) is 8.01. The van der Waals surface area contributed by atoms with Gasteiger partial charge >= 0.3 is 6.03 Å². The van der Waals surface area contributed by atoms with E-state index in [1.165, 1.54) is 41.4 Å². The molecule has 9 heteroatoms. The van der Waals surface area contributed by atoms with Gasteiger partial charge in [-0.3, -0.25) is 10.1 Å². The summed E-state index contributed by atoms with van der Waals surface area (Å²) in [5.74, 6) is -0.528. The number of hydrogen-bond acceptors (Lipinski definition) is 5. The molecule has 0 saturated carbocycles. The molecule has 1 atom stereocenters. The number of urea groups is 1. The standard InChI is InChI=1S/C23H19FN4O3S/c1-32-20-12-4-15(5-13-20)21-14-27(26-22(21)16-2-6-17(24)7-3-16)23(29)25-18-8-10-19(11-9-18)28(30)31/h2-13,21H,14H2,1H3,(H,25,29). The van der Waals surface area contributed by atoms with Crippen LogP contribution in [0.15, 0.2) is 82.8 Å². The molecule has 1 aliphatic heterocycles. The Balaban J connectivity index is 1.60. The van der Waals surface area contributed by atoms with Crippen LogP contribution >= 0.6 is 11.8 Å². The predicted octanol–water partition coefficient (Wildman–Crippen LogP) is 5.49. The Hall–Kier alpha value is -3.72. The van der Waals surface area contributed by atoms with E-state index in [0.29, 0.717) is 17.9 Å². The van der Waals surface area contributed by atoms with Gasteiger partial charge < -0.3 is 5.32 Å². The minimum atomic E-state index is -0.502. The van der Waals surface area contributed by atoms with E-state index in [1.807, 2.05) is 30.5 Å². The van der Waals surface area contributed by atoms with Gasteiger partial charge in [0, 0.05) is 28.6 Å². The van der Waals surface area contributed by atoms with Gasteiger partial charge in [-0.15, -0.1) is 11.8 Å². The number of hydrazone groups is 1. The molecule has 0 fully saturated rings. The Morgan fingerprint density at radius 2 is 1.75 bits per heavy atom. The molecule has 32 heavy (non-hydrogen) atoms. The van der Waals surface area contributed by atoms with E-state index in [4.69, 9.17) is 0 Å². The molecule has 0 spiro atoms. The van der Waals surface area contributed by atoms with Crippen molar-refractivity contribution in [2.75, 3.05) is 18.1 Å². The first-order valence-corrected chi connectivity index (χ1v) is 11.0. The van der Waals surface area contributed by atoms with Crippen LogP contribution in [-0.4, -0.2) is 34.5 Å². The van der Waals surface area contributed by atoms with Gasteiger partial charge in [0.25, 0.3) is 5.69 Å². The van der Waals surface area contributed by atoms with Crippen molar-refractivity contribution in [2.45, 2.75) is 10.8 Å². The lowest BCUT2D eigenvalue weighted by Crippen LogP contribution is -2.30. The van der Waals surface area contributed by atoms with Gasteiger partial charge in [0.05, 0.1) is 17.2 Å². The van der Waals surface area contributed by atoms with Crippen molar-refractivity contribution in [3.63, 3.8) is 0 Å². The molecular formula is C23H19FN4O3S. The highest BCUT2D eigenvalue weighted by molar-refractivity contribution is 7.98. The van der Waals surface area contributed by atoms with E-state index in [9.17, 15) is 19.3 Å². The number of non-ortho nitro benzene ring substituents is 1. The van der Waals surface area contributed by atoms with E-state index < -0.39 is 11.0 Å². The summed E-state index contributed by atoms with van der Waals surface area (Å²) in [6.45, 7) is 0.310.